The zero-order valence-electron chi connectivity index (χ0n) is 9.08. The summed E-state index contributed by atoms with van der Waals surface area (Å²) in [5, 5.41) is 10.6. The van der Waals surface area contributed by atoms with E-state index in [1.54, 1.807) is 0 Å². The summed E-state index contributed by atoms with van der Waals surface area (Å²) >= 11 is 6.33. The lowest BCUT2D eigenvalue weighted by molar-refractivity contribution is -0.384. The molecule has 1 aliphatic heterocycles. The highest BCUT2D eigenvalue weighted by Crippen LogP contribution is 2.38. The molecule has 1 aromatic rings. The number of hydrogen-bond donors (Lipinski definition) is 1. The normalized spacial score (nSPS) is 21.3. The molecule has 10 heteroatoms. The molecule has 1 fully saturated rings. The van der Waals surface area contributed by atoms with Crippen molar-refractivity contribution in [1.29, 1.82) is 0 Å². The van der Waals surface area contributed by atoms with Gasteiger partial charge in [0.15, 0.2) is 4.34 Å². The van der Waals surface area contributed by atoms with Gasteiger partial charge in [-0.05, 0) is 12.8 Å². The van der Waals surface area contributed by atoms with Crippen molar-refractivity contribution in [3.8, 4) is 0 Å². The van der Waals surface area contributed by atoms with E-state index in [4.69, 9.17) is 17.3 Å². The molecule has 0 spiro atoms. The van der Waals surface area contributed by atoms with E-state index in [-0.39, 0.29) is 8.55 Å². The number of sulfonamides is 1. The van der Waals surface area contributed by atoms with Crippen LogP contribution in [0.2, 0.25) is 4.34 Å². The van der Waals surface area contributed by atoms with Gasteiger partial charge in [-0.15, -0.1) is 11.3 Å². The number of thiophene rings is 1. The van der Waals surface area contributed by atoms with Crippen molar-refractivity contribution in [1.82, 2.24) is 4.31 Å². The minimum absolute atomic E-state index is 0.142. The van der Waals surface area contributed by atoms with Gasteiger partial charge in [-0.25, -0.2) is 8.42 Å². The Labute approximate surface area is 112 Å². The van der Waals surface area contributed by atoms with Gasteiger partial charge in [-0.3, -0.25) is 10.1 Å². The molecule has 0 amide bonds. The van der Waals surface area contributed by atoms with Gasteiger partial charge in [0.2, 0.25) is 0 Å². The van der Waals surface area contributed by atoms with Gasteiger partial charge in [0.05, 0.1) is 11.1 Å². The first-order valence-electron chi connectivity index (χ1n) is 5.05. The molecule has 18 heavy (non-hydrogen) atoms. The highest BCUT2D eigenvalue weighted by Gasteiger charge is 2.36. The zero-order valence-corrected chi connectivity index (χ0v) is 11.5. The Kier molecular flexibility index (Phi) is 3.60. The van der Waals surface area contributed by atoms with Gasteiger partial charge >= 0.3 is 0 Å². The van der Waals surface area contributed by atoms with Crippen molar-refractivity contribution >= 4 is 38.6 Å². The summed E-state index contributed by atoms with van der Waals surface area (Å²) in [4.78, 5) is 9.94. The molecule has 0 bridgehead atoms. The first-order valence-corrected chi connectivity index (χ1v) is 7.68. The molecule has 2 rings (SSSR count). The lowest BCUT2D eigenvalue weighted by Gasteiger charge is -2.19. The molecule has 1 aromatic heterocycles. The minimum Gasteiger partial charge on any atom is -0.315 e. The van der Waals surface area contributed by atoms with Crippen LogP contribution in [0.5, 0.6) is 0 Å². The molecular weight excluding hydrogens is 302 g/mol. The van der Waals surface area contributed by atoms with Gasteiger partial charge in [-0.2, -0.15) is 4.31 Å². The molecule has 0 radical (unpaired) electrons. The van der Waals surface area contributed by atoms with Crippen molar-refractivity contribution in [2.75, 3.05) is 6.54 Å². The summed E-state index contributed by atoms with van der Waals surface area (Å²) in [7, 11) is -3.79. The summed E-state index contributed by atoms with van der Waals surface area (Å²) in [5.74, 6) is 0. The van der Waals surface area contributed by atoms with E-state index in [0.29, 0.717) is 30.7 Å². The largest absolute Gasteiger partial charge is 0.315 e. The molecule has 1 unspecified atom stereocenters. The Morgan fingerprint density at radius 1 is 1.61 bits per heavy atom. The molecule has 100 valence electrons. The van der Waals surface area contributed by atoms with Gasteiger partial charge in [0.1, 0.15) is 4.21 Å². The lowest BCUT2D eigenvalue weighted by atomic mass is 10.3. The second-order valence-corrected chi connectivity index (χ2v) is 7.58. The zero-order chi connectivity index (χ0) is 13.5. The Morgan fingerprint density at radius 3 is 2.72 bits per heavy atom. The van der Waals surface area contributed by atoms with Crippen molar-refractivity contribution in [3.05, 3.63) is 20.5 Å². The van der Waals surface area contributed by atoms with Crippen LogP contribution in [-0.4, -0.2) is 30.4 Å². The van der Waals surface area contributed by atoms with Gasteiger partial charge < -0.3 is 5.73 Å². The standard InChI is InChI=1S/C8H10ClN3O4S2/c9-8-5(12(13)14)4-7(17-8)18(15,16)11-3-1-2-6(11)10/h4,6H,1-3,10H2. The molecule has 2 N–H and O–H groups in total. The monoisotopic (exact) mass is 311 g/mol. The third-order valence-electron chi connectivity index (χ3n) is 2.65. The fraction of sp³-hybridized carbons (Fsp3) is 0.500. The fourth-order valence-corrected chi connectivity index (χ4v) is 5.15. The molecule has 1 aliphatic rings. The predicted octanol–water partition coefficient (Wildman–Crippen LogP) is 1.38. The summed E-state index contributed by atoms with van der Waals surface area (Å²) in [5.41, 5.74) is 5.30. The Morgan fingerprint density at radius 2 is 2.28 bits per heavy atom. The molecule has 1 atom stereocenters. The smallest absolute Gasteiger partial charge is 0.300 e. The van der Waals surface area contributed by atoms with Gasteiger partial charge in [-0.1, -0.05) is 11.6 Å². The van der Waals surface area contributed by atoms with Crippen LogP contribution < -0.4 is 5.73 Å². The average molecular weight is 312 g/mol. The number of nitrogens with two attached hydrogens (primary N) is 1. The lowest BCUT2D eigenvalue weighted by Crippen LogP contribution is -2.40. The second-order valence-electron chi connectivity index (χ2n) is 3.81. The first kappa shape index (κ1) is 13.7. The first-order chi connectivity index (χ1) is 8.34. The SMILES string of the molecule is NC1CCCN1S(=O)(=O)c1cc([N+](=O)[O-])c(Cl)s1. The maximum absolute atomic E-state index is 12.2. The van der Waals surface area contributed by atoms with Crippen LogP contribution in [-0.2, 0) is 10.0 Å². The molecule has 0 aliphatic carbocycles. The number of nitro groups is 1. The van der Waals surface area contributed by atoms with Crippen LogP contribution in [0.1, 0.15) is 12.8 Å². The van der Waals surface area contributed by atoms with E-state index in [1.807, 2.05) is 0 Å². The number of hydrogen-bond acceptors (Lipinski definition) is 6. The van der Waals surface area contributed by atoms with Crippen molar-refractivity contribution < 1.29 is 13.3 Å². The third-order valence-corrected chi connectivity index (χ3v) is 6.37. The molecule has 1 saturated heterocycles. The third kappa shape index (κ3) is 2.24. The van der Waals surface area contributed by atoms with Crippen molar-refractivity contribution in [3.63, 3.8) is 0 Å². The Hall–Kier alpha value is -0.740. The molecular formula is C8H10ClN3O4S2. The van der Waals surface area contributed by atoms with Crippen LogP contribution in [0.3, 0.4) is 0 Å². The minimum atomic E-state index is -3.79. The van der Waals surface area contributed by atoms with Crippen LogP contribution in [0.15, 0.2) is 10.3 Å². The molecule has 0 saturated carbocycles. The highest BCUT2D eigenvalue weighted by atomic mass is 35.5. The molecule has 2 heterocycles. The summed E-state index contributed by atoms with van der Waals surface area (Å²) in [6.07, 6.45) is 0.692. The number of halogens is 1. The van der Waals surface area contributed by atoms with Crippen LogP contribution in [0, 0.1) is 10.1 Å². The van der Waals surface area contributed by atoms with Gasteiger partial charge in [0, 0.05) is 12.6 Å². The van der Waals surface area contributed by atoms with E-state index < -0.39 is 26.8 Å². The maximum Gasteiger partial charge on any atom is 0.300 e. The average Bonchev–Trinajstić information content (AvgIpc) is 2.84. The van der Waals surface area contributed by atoms with Crippen molar-refractivity contribution in [2.45, 2.75) is 23.2 Å². The summed E-state index contributed by atoms with van der Waals surface area (Å²) in [6.45, 7) is 0.326. The Balaban J connectivity index is 2.42. The summed E-state index contributed by atoms with van der Waals surface area (Å²) in [6, 6.07) is 0.980. The highest BCUT2D eigenvalue weighted by molar-refractivity contribution is 7.91. The van der Waals surface area contributed by atoms with E-state index in [2.05, 4.69) is 0 Å². The molecule has 0 aromatic carbocycles. The van der Waals surface area contributed by atoms with Crippen LogP contribution >= 0.6 is 22.9 Å². The van der Waals surface area contributed by atoms with E-state index in [1.165, 1.54) is 0 Å². The van der Waals surface area contributed by atoms with Gasteiger partial charge in [0.25, 0.3) is 15.7 Å². The quantitative estimate of drug-likeness (QED) is 0.670. The maximum atomic E-state index is 12.2. The molecule has 7 nitrogen and oxygen atoms in total. The number of nitrogens with zero attached hydrogens (tertiary/aromatic N) is 2. The second kappa shape index (κ2) is 4.74. The van der Waals surface area contributed by atoms with Crippen LogP contribution in [0.4, 0.5) is 5.69 Å². The topological polar surface area (TPSA) is 107 Å². The predicted molar refractivity (Wildman–Crippen MR) is 67.1 cm³/mol. The summed E-state index contributed by atoms with van der Waals surface area (Å²) < 4.78 is 25.3. The van der Waals surface area contributed by atoms with E-state index in [9.17, 15) is 18.5 Å². The van der Waals surface area contributed by atoms with Crippen LogP contribution in [0.25, 0.3) is 0 Å². The van der Waals surface area contributed by atoms with Crippen molar-refractivity contribution in [2.24, 2.45) is 5.73 Å². The van der Waals surface area contributed by atoms with E-state index >= 15 is 0 Å². The van der Waals surface area contributed by atoms with E-state index in [0.717, 1.165) is 10.4 Å². The fourth-order valence-electron chi connectivity index (χ4n) is 1.77. The number of rotatable bonds is 3. The Bertz CT molecular complexity index is 585.